The molecule has 0 aliphatic heterocycles. The van der Waals surface area contributed by atoms with Gasteiger partial charge >= 0.3 is 0 Å². The van der Waals surface area contributed by atoms with E-state index in [1.54, 1.807) is 66.7 Å². The maximum Gasteiger partial charge on any atom is 0.273 e. The predicted octanol–water partition coefficient (Wildman–Crippen LogP) is 10.2. The number of carbonyl (C=O) groups is 2. The van der Waals surface area contributed by atoms with Crippen LogP contribution < -0.4 is 25.7 Å². The fraction of sp³-hybridized carbons (Fsp3) is 0.205. The summed E-state index contributed by atoms with van der Waals surface area (Å²) in [4.78, 5) is 38.9. The Bertz CT molecular complexity index is 2590. The van der Waals surface area contributed by atoms with Crippen LogP contribution in [0.5, 0.6) is 23.0 Å². The van der Waals surface area contributed by atoms with Crippen LogP contribution in [-0.4, -0.2) is 30.0 Å². The molecule has 0 saturated carbocycles. The summed E-state index contributed by atoms with van der Waals surface area (Å²) < 4.78 is 38.1. The number of benzene rings is 5. The van der Waals surface area contributed by atoms with Gasteiger partial charge in [-0.05, 0) is 119 Å². The van der Waals surface area contributed by atoms with Crippen LogP contribution in [0.25, 0.3) is 5.69 Å². The maximum absolute atomic E-state index is 13.2. The van der Waals surface area contributed by atoms with Crippen molar-refractivity contribution in [3.8, 4) is 28.7 Å². The Kier molecular flexibility index (Phi) is 11.5. The molecule has 0 bridgehead atoms. The van der Waals surface area contributed by atoms with E-state index < -0.39 is 20.9 Å². The van der Waals surface area contributed by atoms with Crippen LogP contribution in [0.15, 0.2) is 131 Å². The zero-order chi connectivity index (χ0) is 41.1. The third kappa shape index (κ3) is 9.83. The molecule has 0 saturated heterocycles. The molecule has 57 heavy (non-hydrogen) atoms. The largest absolute Gasteiger partial charge is 0.457 e. The average molecular weight is 807 g/mol. The lowest BCUT2D eigenvalue weighted by atomic mass is 9.82. The number of H-pyrrole nitrogens is 1. The third-order valence-electron chi connectivity index (χ3n) is 9.62. The summed E-state index contributed by atoms with van der Waals surface area (Å²) in [6.45, 7) is 12.5. The monoisotopic (exact) mass is 806 g/mol. The minimum atomic E-state index is -4.15. The van der Waals surface area contributed by atoms with Crippen LogP contribution >= 0.6 is 10.7 Å². The topological polar surface area (TPSA) is 149 Å². The van der Waals surface area contributed by atoms with Gasteiger partial charge in [0.1, 0.15) is 33.7 Å². The van der Waals surface area contributed by atoms with E-state index in [2.05, 4.69) is 36.5 Å². The zero-order valence-electron chi connectivity index (χ0n) is 32.3. The van der Waals surface area contributed by atoms with E-state index in [1.165, 1.54) is 40.6 Å². The van der Waals surface area contributed by atoms with Crippen molar-refractivity contribution in [1.29, 1.82) is 0 Å². The van der Waals surface area contributed by atoms with Crippen LogP contribution in [0.3, 0.4) is 0 Å². The average Bonchev–Trinajstić information content (AvgIpc) is 3.54. The van der Waals surface area contributed by atoms with Crippen LogP contribution in [0, 0.1) is 0 Å². The van der Waals surface area contributed by atoms with Gasteiger partial charge in [-0.3, -0.25) is 19.5 Å². The van der Waals surface area contributed by atoms with Gasteiger partial charge in [0.15, 0.2) is 0 Å². The van der Waals surface area contributed by atoms with Crippen LogP contribution in [0.4, 0.5) is 11.5 Å². The predicted molar refractivity (Wildman–Crippen MR) is 223 cm³/mol. The summed E-state index contributed by atoms with van der Waals surface area (Å²) >= 11 is 0. The number of hydrogen-bond donors (Lipinski definition) is 3. The summed E-state index contributed by atoms with van der Waals surface area (Å²) in [6.07, 6.45) is 0.779. The quantitative estimate of drug-likeness (QED) is 0.104. The number of nitrogens with zero attached hydrogens (tertiary/aromatic N) is 1. The summed E-state index contributed by atoms with van der Waals surface area (Å²) in [5.74, 6) is 0.821. The standard InChI is InChI=1S/C44H43ClN4O7S/c1-7-44(5,6)31-15-24-37(38(26-31)57(45,53)54)56-36-10-8-9-29(25-36)42(52)46-32-16-11-28(12-17-32)41(51)47-39-27-40(50)49(48-39)33-18-22-35(23-19-33)55-34-20-13-30(14-21-34)43(2,3)4/h8-27,48H,7H2,1-6H3,(H,46,52)(H,47,51). The second-order valence-electron chi connectivity index (χ2n) is 15.2. The maximum atomic E-state index is 13.2. The summed E-state index contributed by atoms with van der Waals surface area (Å²) in [7, 11) is 1.64. The van der Waals surface area contributed by atoms with Crippen molar-refractivity contribution in [1.82, 2.24) is 9.78 Å². The van der Waals surface area contributed by atoms with Gasteiger partial charge in [-0.15, -0.1) is 0 Å². The number of aromatic nitrogens is 2. The molecule has 0 radical (unpaired) electrons. The van der Waals surface area contributed by atoms with Gasteiger partial charge in [-0.25, -0.2) is 13.1 Å². The van der Waals surface area contributed by atoms with Crippen molar-refractivity contribution in [2.45, 2.75) is 63.7 Å². The highest BCUT2D eigenvalue weighted by atomic mass is 35.7. The van der Waals surface area contributed by atoms with Crippen molar-refractivity contribution < 1.29 is 27.5 Å². The number of halogens is 1. The lowest BCUT2D eigenvalue weighted by Gasteiger charge is -2.24. The molecule has 1 aromatic heterocycles. The fourth-order valence-corrected chi connectivity index (χ4v) is 6.79. The van der Waals surface area contributed by atoms with Gasteiger partial charge in [-0.2, -0.15) is 0 Å². The molecule has 5 aromatic carbocycles. The van der Waals surface area contributed by atoms with Gasteiger partial charge in [0, 0.05) is 33.6 Å². The summed E-state index contributed by atoms with van der Waals surface area (Å²) in [5.41, 5.74) is 2.87. The first kappa shape index (κ1) is 40.6. The molecule has 0 atom stereocenters. The first-order valence-corrected chi connectivity index (χ1v) is 20.5. The van der Waals surface area contributed by atoms with Crippen LogP contribution in [-0.2, 0) is 19.9 Å². The Balaban J connectivity index is 1.07. The first-order chi connectivity index (χ1) is 26.9. The molecule has 13 heteroatoms. The number of nitrogens with one attached hydrogen (secondary N) is 3. The number of amides is 2. The Morgan fingerprint density at radius 3 is 1.93 bits per heavy atom. The molecule has 0 aliphatic rings. The van der Waals surface area contributed by atoms with Gasteiger partial charge in [0.2, 0.25) is 0 Å². The van der Waals surface area contributed by atoms with Crippen molar-refractivity contribution in [2.24, 2.45) is 0 Å². The molecule has 0 unspecified atom stereocenters. The van der Waals surface area contributed by atoms with Crippen LogP contribution in [0.2, 0.25) is 0 Å². The van der Waals surface area contributed by atoms with Gasteiger partial charge in [-0.1, -0.05) is 65.8 Å². The molecule has 11 nitrogen and oxygen atoms in total. The van der Waals surface area contributed by atoms with Gasteiger partial charge in [0.25, 0.3) is 26.4 Å². The molecule has 0 fully saturated rings. The number of carbonyl (C=O) groups excluding carboxylic acids is 2. The Morgan fingerprint density at radius 1 is 0.702 bits per heavy atom. The molecule has 0 aliphatic carbocycles. The second-order valence-corrected chi connectivity index (χ2v) is 17.7. The first-order valence-electron chi connectivity index (χ1n) is 18.2. The molecule has 6 aromatic rings. The van der Waals surface area contributed by atoms with Crippen molar-refractivity contribution in [2.75, 3.05) is 10.6 Å². The lowest BCUT2D eigenvalue weighted by Crippen LogP contribution is -2.16. The number of hydrogen-bond acceptors (Lipinski definition) is 7. The smallest absolute Gasteiger partial charge is 0.273 e. The SMILES string of the molecule is CCC(C)(C)c1ccc(Oc2cccc(C(=O)Nc3ccc(C(=O)Nc4cc(=O)n(-c5ccc(Oc6ccc(C(C)(C)C)cc6)cc5)[nH]4)cc3)c2)c(S(=O)(=O)Cl)c1. The van der Waals surface area contributed by atoms with Crippen LogP contribution in [0.1, 0.15) is 79.8 Å². The number of aromatic amines is 1. The Morgan fingerprint density at radius 2 is 1.32 bits per heavy atom. The highest BCUT2D eigenvalue weighted by Gasteiger charge is 2.25. The van der Waals surface area contributed by atoms with E-state index in [1.807, 2.05) is 45.0 Å². The molecule has 294 valence electrons. The summed E-state index contributed by atoms with van der Waals surface area (Å²) in [6, 6.07) is 33.5. The molecule has 6 rings (SSSR count). The fourth-order valence-electron chi connectivity index (χ4n) is 5.81. The minimum absolute atomic E-state index is 0.0331. The molecule has 1 heterocycles. The summed E-state index contributed by atoms with van der Waals surface area (Å²) in [5, 5.41) is 8.39. The minimum Gasteiger partial charge on any atom is -0.457 e. The van der Waals surface area contributed by atoms with E-state index in [-0.39, 0.29) is 49.7 Å². The van der Waals surface area contributed by atoms with Crippen molar-refractivity contribution in [3.05, 3.63) is 154 Å². The third-order valence-corrected chi connectivity index (χ3v) is 11.0. The van der Waals surface area contributed by atoms with Gasteiger partial charge < -0.3 is 20.1 Å². The Hall–Kier alpha value is -6.11. The molecular formula is C44H43ClN4O7S. The molecular weight excluding hydrogens is 764 g/mol. The van der Waals surface area contributed by atoms with E-state index in [0.29, 0.717) is 22.9 Å². The molecule has 2 amide bonds. The highest BCUT2D eigenvalue weighted by molar-refractivity contribution is 8.13. The van der Waals surface area contributed by atoms with E-state index in [4.69, 9.17) is 20.2 Å². The number of rotatable bonds is 12. The second kappa shape index (κ2) is 16.2. The lowest BCUT2D eigenvalue weighted by molar-refractivity contribution is 0.101. The number of ether oxygens (including phenoxy) is 2. The van der Waals surface area contributed by atoms with E-state index >= 15 is 0 Å². The molecule has 3 N–H and O–H groups in total. The van der Waals surface area contributed by atoms with Crippen molar-refractivity contribution in [3.63, 3.8) is 0 Å². The highest BCUT2D eigenvalue weighted by Crippen LogP contribution is 2.37. The Labute approximate surface area is 336 Å². The number of anilines is 2. The van der Waals surface area contributed by atoms with Crippen molar-refractivity contribution >= 4 is 43.1 Å². The van der Waals surface area contributed by atoms with E-state index in [0.717, 1.165) is 12.0 Å². The normalized spacial score (nSPS) is 11.8. The zero-order valence-corrected chi connectivity index (χ0v) is 33.9. The molecule has 0 spiro atoms. The van der Waals surface area contributed by atoms with E-state index in [9.17, 15) is 22.8 Å². The van der Waals surface area contributed by atoms with Gasteiger partial charge in [0.05, 0.1) is 5.69 Å².